The van der Waals surface area contributed by atoms with Crippen molar-refractivity contribution in [1.29, 1.82) is 0 Å². The largest absolute Gasteiger partial charge is 0.497 e. The number of hydrogen-bond acceptors (Lipinski definition) is 8. The summed E-state index contributed by atoms with van der Waals surface area (Å²) in [6, 6.07) is 18.2. The molecule has 10 nitrogen and oxygen atoms in total. The number of fused-ring (bicyclic) bond motifs is 1. The van der Waals surface area contributed by atoms with Gasteiger partial charge in [-0.05, 0) is 44.2 Å². The van der Waals surface area contributed by atoms with Crippen molar-refractivity contribution in [2.45, 2.75) is 26.4 Å². The monoisotopic (exact) mass is 529 g/mol. The van der Waals surface area contributed by atoms with Gasteiger partial charge >= 0.3 is 0 Å². The van der Waals surface area contributed by atoms with Crippen molar-refractivity contribution in [2.24, 2.45) is 0 Å². The van der Waals surface area contributed by atoms with Crippen molar-refractivity contribution in [2.75, 3.05) is 38.8 Å². The molecule has 0 radical (unpaired) electrons. The van der Waals surface area contributed by atoms with E-state index in [0.29, 0.717) is 35.1 Å². The molecule has 0 aliphatic carbocycles. The number of aromatic nitrogens is 2. The van der Waals surface area contributed by atoms with Crippen LogP contribution in [0, 0.1) is 17.0 Å². The van der Waals surface area contributed by atoms with E-state index >= 15 is 0 Å². The summed E-state index contributed by atoms with van der Waals surface area (Å²) in [5, 5.41) is 11.6. The molecule has 0 spiro atoms. The van der Waals surface area contributed by atoms with E-state index in [2.05, 4.69) is 47.9 Å². The van der Waals surface area contributed by atoms with Gasteiger partial charge < -0.3 is 14.4 Å². The molecule has 4 aromatic rings. The fourth-order valence-electron chi connectivity index (χ4n) is 5.15. The number of anilines is 1. The molecule has 1 aliphatic rings. The van der Waals surface area contributed by atoms with Crippen LogP contribution < -0.4 is 19.9 Å². The van der Waals surface area contributed by atoms with Gasteiger partial charge in [-0.2, -0.15) is 0 Å². The number of aryl methyl sites for hydroxylation is 1. The van der Waals surface area contributed by atoms with Crippen LogP contribution >= 0.6 is 0 Å². The molecule has 1 saturated heterocycles. The molecule has 1 fully saturated rings. The fourth-order valence-corrected chi connectivity index (χ4v) is 5.15. The Kier molecular flexibility index (Phi) is 7.21. The highest BCUT2D eigenvalue weighted by Gasteiger charge is 2.26. The second kappa shape index (κ2) is 10.7. The number of methoxy groups -OCH3 is 2. The van der Waals surface area contributed by atoms with Crippen molar-refractivity contribution in [1.82, 2.24) is 14.5 Å². The topological polar surface area (TPSA) is 103 Å². The van der Waals surface area contributed by atoms with Gasteiger partial charge in [0, 0.05) is 49.6 Å². The quantitative estimate of drug-likeness (QED) is 0.258. The van der Waals surface area contributed by atoms with Crippen molar-refractivity contribution >= 4 is 22.3 Å². The fraction of sp³-hybridized carbons (Fsp3) is 0.310. The summed E-state index contributed by atoms with van der Waals surface area (Å²) in [5.74, 6) is 1.54. The Morgan fingerprint density at radius 1 is 1.03 bits per heavy atom. The minimum absolute atomic E-state index is 0.163. The number of benzene rings is 3. The van der Waals surface area contributed by atoms with Gasteiger partial charge in [-0.3, -0.25) is 24.4 Å². The van der Waals surface area contributed by atoms with E-state index in [1.165, 1.54) is 41.1 Å². The van der Waals surface area contributed by atoms with Crippen LogP contribution in [0.25, 0.3) is 16.6 Å². The highest BCUT2D eigenvalue weighted by Crippen LogP contribution is 2.29. The first kappa shape index (κ1) is 26.2. The zero-order valence-corrected chi connectivity index (χ0v) is 22.5. The average Bonchev–Trinajstić information content (AvgIpc) is 2.93. The lowest BCUT2D eigenvalue weighted by atomic mass is 10.1. The van der Waals surface area contributed by atoms with Gasteiger partial charge in [0.25, 0.3) is 11.2 Å². The summed E-state index contributed by atoms with van der Waals surface area (Å²) < 4.78 is 12.4. The first-order chi connectivity index (χ1) is 18.8. The van der Waals surface area contributed by atoms with Crippen molar-refractivity contribution in [3.8, 4) is 17.2 Å². The Morgan fingerprint density at radius 3 is 2.46 bits per heavy atom. The van der Waals surface area contributed by atoms with Crippen LogP contribution in [0.3, 0.4) is 0 Å². The normalized spacial score (nSPS) is 15.9. The number of ether oxygens (including phenoxy) is 2. The number of rotatable bonds is 7. The molecule has 3 aromatic carbocycles. The van der Waals surface area contributed by atoms with Crippen molar-refractivity contribution < 1.29 is 14.4 Å². The second-order valence-corrected chi connectivity index (χ2v) is 9.78. The third kappa shape index (κ3) is 5.15. The lowest BCUT2D eigenvalue weighted by molar-refractivity contribution is -0.384. The molecule has 0 saturated carbocycles. The van der Waals surface area contributed by atoms with Gasteiger partial charge in [0.15, 0.2) is 0 Å². The number of piperazine rings is 1. The molecule has 1 aromatic heterocycles. The maximum absolute atomic E-state index is 13.9. The third-order valence-electron chi connectivity index (χ3n) is 7.20. The minimum atomic E-state index is -0.514. The van der Waals surface area contributed by atoms with E-state index in [1.807, 2.05) is 0 Å². The summed E-state index contributed by atoms with van der Waals surface area (Å²) in [4.78, 5) is 34.3. The minimum Gasteiger partial charge on any atom is -0.497 e. The number of nitrogens with zero attached hydrogens (tertiary/aromatic N) is 5. The molecule has 39 heavy (non-hydrogen) atoms. The SMILES string of the molecule is COc1ccc(-n2c(CN3CCN(c4ccc(C)cc4)[C@@H](C)C3)nc3ccc([N+](=O)[O-])cc3c2=O)c(OC)c1. The summed E-state index contributed by atoms with van der Waals surface area (Å²) in [7, 11) is 3.08. The Hall–Kier alpha value is -4.44. The lowest BCUT2D eigenvalue weighted by Gasteiger charge is -2.41. The number of nitro benzene ring substituents is 1. The number of non-ortho nitro benzene ring substituents is 1. The second-order valence-electron chi connectivity index (χ2n) is 9.78. The molecule has 1 atom stereocenters. The van der Waals surface area contributed by atoms with E-state index < -0.39 is 10.5 Å². The zero-order chi connectivity index (χ0) is 27.7. The smallest absolute Gasteiger partial charge is 0.270 e. The highest BCUT2D eigenvalue weighted by molar-refractivity contribution is 5.80. The van der Waals surface area contributed by atoms with Gasteiger partial charge in [0.1, 0.15) is 17.3 Å². The highest BCUT2D eigenvalue weighted by atomic mass is 16.6. The van der Waals surface area contributed by atoms with E-state index in [0.717, 1.165) is 19.6 Å². The maximum Gasteiger partial charge on any atom is 0.270 e. The van der Waals surface area contributed by atoms with Crippen LogP contribution in [-0.4, -0.2) is 59.3 Å². The molecule has 0 unspecified atom stereocenters. The molecule has 0 amide bonds. The average molecular weight is 530 g/mol. The Morgan fingerprint density at radius 2 is 1.79 bits per heavy atom. The van der Waals surface area contributed by atoms with Gasteiger partial charge in [0.2, 0.25) is 0 Å². The number of nitro groups is 1. The standard InChI is InChI=1S/C29H31N5O5/c1-19-5-7-21(8-6-19)32-14-13-31(17-20(32)2)18-28-30-25-11-9-22(34(36)37)15-24(25)29(35)33(28)26-12-10-23(38-3)16-27(26)39-4/h5-12,15-16,20H,13-14,17-18H2,1-4H3/t20-/m0/s1. The van der Waals surface area contributed by atoms with Gasteiger partial charge in [-0.1, -0.05) is 17.7 Å². The Balaban J connectivity index is 1.55. The molecule has 1 aliphatic heterocycles. The summed E-state index contributed by atoms with van der Waals surface area (Å²) >= 11 is 0. The molecule has 5 rings (SSSR count). The molecule has 0 bridgehead atoms. The van der Waals surface area contributed by atoms with Crippen LogP contribution in [0.1, 0.15) is 18.3 Å². The first-order valence-electron chi connectivity index (χ1n) is 12.8. The van der Waals surface area contributed by atoms with E-state index in [-0.39, 0.29) is 17.1 Å². The van der Waals surface area contributed by atoms with Crippen LogP contribution in [-0.2, 0) is 6.54 Å². The van der Waals surface area contributed by atoms with Crippen LogP contribution in [0.5, 0.6) is 11.5 Å². The molecule has 202 valence electrons. The Bertz CT molecular complexity index is 1580. The van der Waals surface area contributed by atoms with Crippen LogP contribution in [0.2, 0.25) is 0 Å². The molecule has 0 N–H and O–H groups in total. The van der Waals surface area contributed by atoms with Gasteiger partial charge in [-0.15, -0.1) is 0 Å². The summed E-state index contributed by atoms with van der Waals surface area (Å²) in [6.07, 6.45) is 0. The van der Waals surface area contributed by atoms with Crippen molar-refractivity contribution in [3.63, 3.8) is 0 Å². The van der Waals surface area contributed by atoms with E-state index in [9.17, 15) is 14.9 Å². The van der Waals surface area contributed by atoms with E-state index in [4.69, 9.17) is 14.5 Å². The third-order valence-corrected chi connectivity index (χ3v) is 7.20. The molecular formula is C29H31N5O5. The van der Waals surface area contributed by atoms with Gasteiger partial charge in [0.05, 0.1) is 42.3 Å². The summed E-state index contributed by atoms with van der Waals surface area (Å²) in [6.45, 7) is 7.09. The molecular weight excluding hydrogens is 498 g/mol. The maximum atomic E-state index is 13.9. The van der Waals surface area contributed by atoms with Crippen LogP contribution in [0.4, 0.5) is 11.4 Å². The lowest BCUT2D eigenvalue weighted by Crippen LogP contribution is -2.52. The van der Waals surface area contributed by atoms with E-state index in [1.54, 1.807) is 25.3 Å². The predicted molar refractivity (Wildman–Crippen MR) is 150 cm³/mol. The van der Waals surface area contributed by atoms with Gasteiger partial charge in [-0.25, -0.2) is 4.98 Å². The first-order valence-corrected chi connectivity index (χ1v) is 12.8. The molecule has 2 heterocycles. The summed E-state index contributed by atoms with van der Waals surface area (Å²) in [5.41, 5.74) is 2.76. The number of hydrogen-bond donors (Lipinski definition) is 0. The zero-order valence-electron chi connectivity index (χ0n) is 22.5. The molecule has 10 heteroatoms. The van der Waals surface area contributed by atoms with Crippen molar-refractivity contribution in [3.05, 3.63) is 92.5 Å². The van der Waals surface area contributed by atoms with Crippen LogP contribution in [0.15, 0.2) is 65.5 Å². The Labute approximate surface area is 226 Å². The predicted octanol–water partition coefficient (Wildman–Crippen LogP) is 4.33.